The first kappa shape index (κ1) is 12.7. The highest BCUT2D eigenvalue weighted by Gasteiger charge is 2.03. The number of thiocarbonyl (C=S) groups is 1. The summed E-state index contributed by atoms with van der Waals surface area (Å²) >= 11 is 4.89. The lowest BCUT2D eigenvalue weighted by Gasteiger charge is -2.15. The maximum absolute atomic E-state index is 5.14. The first-order valence-corrected chi connectivity index (χ1v) is 5.24. The lowest BCUT2D eigenvalue weighted by molar-refractivity contribution is 0.493. The lowest BCUT2D eigenvalue weighted by atomic mass is 10.0. The Kier molecular flexibility index (Phi) is 6.90. The smallest absolute Gasteiger partial charge is 0.180 e. The molecule has 0 spiro atoms. The van der Waals surface area contributed by atoms with E-state index in [1.807, 2.05) is 0 Å². The van der Waals surface area contributed by atoms with E-state index in [0.29, 0.717) is 11.2 Å². The van der Waals surface area contributed by atoms with Crippen molar-refractivity contribution < 1.29 is 0 Å². The van der Waals surface area contributed by atoms with Crippen molar-refractivity contribution in [1.82, 2.24) is 10.7 Å². The SMILES string of the molecule is CC(C)CCC[C@H](C)NC(=S)NN. The zero-order valence-corrected chi connectivity index (χ0v) is 9.58. The van der Waals surface area contributed by atoms with E-state index in [-0.39, 0.29) is 0 Å². The van der Waals surface area contributed by atoms with Gasteiger partial charge in [0.25, 0.3) is 0 Å². The molecule has 4 heteroatoms. The van der Waals surface area contributed by atoms with Gasteiger partial charge in [-0.1, -0.05) is 26.7 Å². The molecule has 0 aromatic heterocycles. The van der Waals surface area contributed by atoms with E-state index in [1.54, 1.807) is 0 Å². The summed E-state index contributed by atoms with van der Waals surface area (Å²) in [5, 5.41) is 3.62. The summed E-state index contributed by atoms with van der Waals surface area (Å²) in [4.78, 5) is 0. The molecule has 0 aromatic rings. The lowest BCUT2D eigenvalue weighted by Crippen LogP contribution is -2.43. The van der Waals surface area contributed by atoms with E-state index in [0.717, 1.165) is 12.3 Å². The molecular weight excluding hydrogens is 182 g/mol. The molecule has 0 aliphatic carbocycles. The number of nitrogens with one attached hydrogen (secondary N) is 2. The zero-order chi connectivity index (χ0) is 10.3. The number of nitrogens with two attached hydrogens (primary N) is 1. The number of hydrazine groups is 1. The molecule has 0 heterocycles. The Bertz CT molecular complexity index is 148. The maximum atomic E-state index is 5.14. The van der Waals surface area contributed by atoms with Crippen molar-refractivity contribution in [2.45, 2.75) is 46.1 Å². The molecule has 0 fully saturated rings. The minimum Gasteiger partial charge on any atom is -0.359 e. The second kappa shape index (κ2) is 7.09. The van der Waals surface area contributed by atoms with Gasteiger partial charge in [-0.2, -0.15) is 0 Å². The van der Waals surface area contributed by atoms with Crippen LogP contribution < -0.4 is 16.6 Å². The van der Waals surface area contributed by atoms with E-state index >= 15 is 0 Å². The van der Waals surface area contributed by atoms with Gasteiger partial charge in [-0.3, -0.25) is 0 Å². The van der Waals surface area contributed by atoms with Crippen LogP contribution in [0.15, 0.2) is 0 Å². The summed E-state index contributed by atoms with van der Waals surface area (Å²) in [5.74, 6) is 5.93. The van der Waals surface area contributed by atoms with E-state index in [2.05, 4.69) is 31.5 Å². The van der Waals surface area contributed by atoms with Crippen LogP contribution in [0.5, 0.6) is 0 Å². The molecule has 0 bridgehead atoms. The molecule has 0 aromatic carbocycles. The van der Waals surface area contributed by atoms with E-state index in [4.69, 9.17) is 18.1 Å². The summed E-state index contributed by atoms with van der Waals surface area (Å²) in [7, 11) is 0. The van der Waals surface area contributed by atoms with Crippen LogP contribution in [0.25, 0.3) is 0 Å². The van der Waals surface area contributed by atoms with Crippen LogP contribution in [0.2, 0.25) is 0 Å². The highest BCUT2D eigenvalue weighted by Crippen LogP contribution is 2.07. The largest absolute Gasteiger partial charge is 0.359 e. The third-order valence-electron chi connectivity index (χ3n) is 1.93. The first-order chi connectivity index (χ1) is 6.06. The minimum atomic E-state index is 0.405. The molecule has 0 aliphatic heterocycles. The second-order valence-corrected chi connectivity index (χ2v) is 4.25. The summed E-state index contributed by atoms with van der Waals surface area (Å²) in [6.45, 7) is 6.60. The van der Waals surface area contributed by atoms with Gasteiger partial charge in [0.05, 0.1) is 0 Å². The van der Waals surface area contributed by atoms with Crippen molar-refractivity contribution in [2.75, 3.05) is 0 Å². The molecule has 0 radical (unpaired) electrons. The predicted molar refractivity (Wildman–Crippen MR) is 61.2 cm³/mol. The van der Waals surface area contributed by atoms with Crippen LogP contribution in [-0.4, -0.2) is 11.2 Å². The molecule has 78 valence electrons. The van der Waals surface area contributed by atoms with E-state index < -0.39 is 0 Å². The summed E-state index contributed by atoms with van der Waals surface area (Å²) < 4.78 is 0. The fourth-order valence-corrected chi connectivity index (χ4v) is 1.37. The van der Waals surface area contributed by atoms with Gasteiger partial charge in [-0.25, -0.2) is 5.84 Å². The molecule has 1 atom stereocenters. The molecule has 0 aliphatic rings. The van der Waals surface area contributed by atoms with Crippen molar-refractivity contribution in [3.63, 3.8) is 0 Å². The zero-order valence-electron chi connectivity index (χ0n) is 8.76. The Morgan fingerprint density at radius 2 is 1.92 bits per heavy atom. The number of hydrogen-bond acceptors (Lipinski definition) is 2. The Balaban J connectivity index is 3.40. The van der Waals surface area contributed by atoms with E-state index in [9.17, 15) is 0 Å². The van der Waals surface area contributed by atoms with Crippen LogP contribution >= 0.6 is 12.2 Å². The molecule has 0 saturated heterocycles. The summed E-state index contributed by atoms with van der Waals surface area (Å²) in [6, 6.07) is 0.405. The molecule has 0 rings (SSSR count). The number of rotatable bonds is 5. The maximum Gasteiger partial charge on any atom is 0.180 e. The first-order valence-electron chi connectivity index (χ1n) is 4.83. The van der Waals surface area contributed by atoms with Gasteiger partial charge < -0.3 is 10.7 Å². The van der Waals surface area contributed by atoms with Crippen molar-refractivity contribution in [3.05, 3.63) is 0 Å². The minimum absolute atomic E-state index is 0.405. The van der Waals surface area contributed by atoms with Gasteiger partial charge in [0.1, 0.15) is 0 Å². The molecular formula is C9H21N3S. The van der Waals surface area contributed by atoms with Crippen molar-refractivity contribution in [1.29, 1.82) is 0 Å². The fraction of sp³-hybridized carbons (Fsp3) is 0.889. The Morgan fingerprint density at radius 3 is 2.38 bits per heavy atom. The van der Waals surface area contributed by atoms with Crippen molar-refractivity contribution in [3.8, 4) is 0 Å². The normalized spacial score (nSPS) is 12.7. The Hall–Kier alpha value is -0.350. The Morgan fingerprint density at radius 1 is 1.31 bits per heavy atom. The molecule has 0 amide bonds. The highest BCUT2D eigenvalue weighted by molar-refractivity contribution is 7.80. The standard InChI is InChI=1S/C9H21N3S/c1-7(2)5-4-6-8(3)11-9(13)12-10/h7-8H,4-6,10H2,1-3H3,(H2,11,12,13)/t8-/m0/s1. The summed E-state index contributed by atoms with van der Waals surface area (Å²) in [6.07, 6.45) is 3.65. The third-order valence-corrected chi connectivity index (χ3v) is 2.16. The van der Waals surface area contributed by atoms with Gasteiger partial charge in [0.2, 0.25) is 0 Å². The highest BCUT2D eigenvalue weighted by atomic mass is 32.1. The topological polar surface area (TPSA) is 50.1 Å². The van der Waals surface area contributed by atoms with Gasteiger partial charge in [-0.05, 0) is 31.5 Å². The van der Waals surface area contributed by atoms with Crippen molar-refractivity contribution in [2.24, 2.45) is 11.8 Å². The van der Waals surface area contributed by atoms with Gasteiger partial charge in [0, 0.05) is 6.04 Å². The van der Waals surface area contributed by atoms with Crippen LogP contribution in [0.3, 0.4) is 0 Å². The van der Waals surface area contributed by atoms with Crippen LogP contribution in [0, 0.1) is 5.92 Å². The molecule has 0 saturated carbocycles. The quantitative estimate of drug-likeness (QED) is 0.360. The summed E-state index contributed by atoms with van der Waals surface area (Å²) in [5.41, 5.74) is 2.42. The molecule has 3 nitrogen and oxygen atoms in total. The van der Waals surface area contributed by atoms with Gasteiger partial charge in [0.15, 0.2) is 5.11 Å². The molecule has 4 N–H and O–H groups in total. The third kappa shape index (κ3) is 7.99. The Labute approximate surface area is 86.4 Å². The average Bonchev–Trinajstić information content (AvgIpc) is 2.03. The predicted octanol–water partition coefficient (Wildman–Crippen LogP) is 1.54. The monoisotopic (exact) mass is 203 g/mol. The number of hydrogen-bond donors (Lipinski definition) is 3. The van der Waals surface area contributed by atoms with Crippen molar-refractivity contribution >= 4 is 17.3 Å². The van der Waals surface area contributed by atoms with Crippen LogP contribution in [-0.2, 0) is 0 Å². The van der Waals surface area contributed by atoms with Gasteiger partial charge >= 0.3 is 0 Å². The second-order valence-electron chi connectivity index (χ2n) is 3.84. The fourth-order valence-electron chi connectivity index (χ4n) is 1.17. The van der Waals surface area contributed by atoms with E-state index in [1.165, 1.54) is 12.8 Å². The molecule has 13 heavy (non-hydrogen) atoms. The van der Waals surface area contributed by atoms with Crippen LogP contribution in [0.1, 0.15) is 40.0 Å². The average molecular weight is 203 g/mol. The van der Waals surface area contributed by atoms with Gasteiger partial charge in [-0.15, -0.1) is 0 Å². The molecule has 0 unspecified atom stereocenters. The van der Waals surface area contributed by atoms with Crippen LogP contribution in [0.4, 0.5) is 0 Å².